The van der Waals surface area contributed by atoms with Crippen LogP contribution < -0.4 is 14.8 Å². The average molecular weight is 434 g/mol. The number of carbonyl (C=O) groups excluding carboxylic acids is 2. The first kappa shape index (κ1) is 21.7. The number of allylic oxidation sites excluding steroid dienone is 2. The van der Waals surface area contributed by atoms with Crippen LogP contribution in [-0.4, -0.2) is 33.1 Å². The van der Waals surface area contributed by atoms with Crippen molar-refractivity contribution in [1.82, 2.24) is 5.32 Å². The largest absolute Gasteiger partial charge is 0.497 e. The van der Waals surface area contributed by atoms with E-state index in [9.17, 15) is 9.59 Å². The molecule has 0 amide bonds. The second kappa shape index (κ2) is 8.91. The lowest BCUT2D eigenvalue weighted by atomic mass is 9.69. The molecule has 1 N–H and O–H groups in total. The van der Waals surface area contributed by atoms with Gasteiger partial charge in [0.05, 0.1) is 21.3 Å². The zero-order valence-electron chi connectivity index (χ0n) is 18.5. The molecule has 1 aliphatic carbocycles. The van der Waals surface area contributed by atoms with Crippen molar-refractivity contribution in [3.8, 4) is 11.5 Å². The zero-order valence-corrected chi connectivity index (χ0v) is 18.5. The zero-order chi connectivity index (χ0) is 22.8. The quantitative estimate of drug-likeness (QED) is 0.716. The maximum atomic E-state index is 13.5. The molecule has 3 atom stereocenters. The van der Waals surface area contributed by atoms with Gasteiger partial charge in [-0.15, -0.1) is 0 Å². The van der Waals surface area contributed by atoms with E-state index < -0.39 is 17.8 Å². The molecule has 2 aliphatic rings. The number of ketones is 1. The van der Waals surface area contributed by atoms with E-state index in [4.69, 9.17) is 14.2 Å². The Hall–Kier alpha value is -3.54. The van der Waals surface area contributed by atoms with Crippen LogP contribution >= 0.6 is 0 Å². The van der Waals surface area contributed by atoms with Gasteiger partial charge in [-0.3, -0.25) is 9.59 Å². The second-order valence-electron chi connectivity index (χ2n) is 8.10. The molecule has 2 aromatic carbocycles. The number of hydrogen-bond acceptors (Lipinski definition) is 6. The maximum Gasteiger partial charge on any atom is 0.315 e. The predicted octanol–water partition coefficient (Wildman–Crippen LogP) is 4.09. The van der Waals surface area contributed by atoms with Crippen LogP contribution in [-0.2, 0) is 14.3 Å². The third-order valence-electron chi connectivity index (χ3n) is 6.33. The van der Waals surface area contributed by atoms with Gasteiger partial charge in [-0.05, 0) is 47.7 Å². The summed E-state index contributed by atoms with van der Waals surface area (Å²) in [5, 5.41) is 3.27. The van der Waals surface area contributed by atoms with E-state index in [1.165, 1.54) is 7.11 Å². The Balaban J connectivity index is 1.78. The van der Waals surface area contributed by atoms with Gasteiger partial charge in [0.1, 0.15) is 17.4 Å². The summed E-state index contributed by atoms with van der Waals surface area (Å²) in [6, 6.07) is 15.3. The number of Topliss-reactive ketones (excluding diaryl/α,β-unsaturated/α-hetero) is 1. The number of carbonyl (C=O) groups is 2. The number of ether oxygens (including phenoxy) is 3. The minimum absolute atomic E-state index is 0.0220. The molecular weight excluding hydrogens is 406 g/mol. The molecule has 0 spiro atoms. The van der Waals surface area contributed by atoms with Crippen molar-refractivity contribution in [3.63, 3.8) is 0 Å². The van der Waals surface area contributed by atoms with Crippen LogP contribution in [0.25, 0.3) is 0 Å². The van der Waals surface area contributed by atoms with Crippen molar-refractivity contribution in [3.05, 3.63) is 83.2 Å². The monoisotopic (exact) mass is 433 g/mol. The van der Waals surface area contributed by atoms with Gasteiger partial charge < -0.3 is 19.5 Å². The molecule has 0 fully saturated rings. The summed E-state index contributed by atoms with van der Waals surface area (Å²) in [6.45, 7) is 4.11. The minimum atomic E-state index is -0.702. The smallest absolute Gasteiger partial charge is 0.315 e. The standard InChI is InChI=1S/C26H27NO5/c1-15-23(26(29)32-4)24(17-6-5-7-20(12-17)31-3)25-21(27-15)13-18(14-22(25)28)16-8-10-19(30-2)11-9-16/h5-12,18,23-24,27H,1,13-14H2,2-4H3. The molecule has 0 saturated heterocycles. The molecule has 1 aliphatic heterocycles. The summed E-state index contributed by atoms with van der Waals surface area (Å²) >= 11 is 0. The van der Waals surface area contributed by atoms with Gasteiger partial charge >= 0.3 is 5.97 Å². The van der Waals surface area contributed by atoms with Crippen LogP contribution in [0.15, 0.2) is 72.1 Å². The van der Waals surface area contributed by atoms with Gasteiger partial charge in [0.15, 0.2) is 5.78 Å². The summed E-state index contributed by atoms with van der Waals surface area (Å²) in [4.78, 5) is 26.2. The number of rotatable bonds is 5. The normalized spacial score (nSPS) is 22.7. The number of benzene rings is 2. The Morgan fingerprint density at radius 2 is 1.69 bits per heavy atom. The van der Waals surface area contributed by atoms with Crippen molar-refractivity contribution in [2.75, 3.05) is 21.3 Å². The molecule has 0 aromatic heterocycles. The van der Waals surface area contributed by atoms with Crippen molar-refractivity contribution < 1.29 is 23.8 Å². The lowest BCUT2D eigenvalue weighted by molar-refractivity contribution is -0.144. The Labute approximate surface area is 187 Å². The van der Waals surface area contributed by atoms with E-state index in [0.717, 1.165) is 22.6 Å². The second-order valence-corrected chi connectivity index (χ2v) is 8.10. The first-order valence-electron chi connectivity index (χ1n) is 10.5. The van der Waals surface area contributed by atoms with Crippen LogP contribution in [0, 0.1) is 5.92 Å². The average Bonchev–Trinajstić information content (AvgIpc) is 2.82. The highest BCUT2D eigenvalue weighted by atomic mass is 16.5. The summed E-state index contributed by atoms with van der Waals surface area (Å²) in [7, 11) is 4.57. The van der Waals surface area contributed by atoms with Gasteiger partial charge in [-0.25, -0.2) is 0 Å². The molecule has 6 heteroatoms. The van der Waals surface area contributed by atoms with Crippen LogP contribution in [0.4, 0.5) is 0 Å². The van der Waals surface area contributed by atoms with Gasteiger partial charge in [-0.1, -0.05) is 30.8 Å². The van der Waals surface area contributed by atoms with Gasteiger partial charge in [0.2, 0.25) is 0 Å². The Kier molecular flexibility index (Phi) is 6.04. The number of methoxy groups -OCH3 is 3. The lowest BCUT2D eigenvalue weighted by Gasteiger charge is -2.40. The molecule has 0 bridgehead atoms. The molecule has 2 aromatic rings. The molecule has 1 heterocycles. The first-order chi connectivity index (χ1) is 15.5. The van der Waals surface area contributed by atoms with Gasteiger partial charge in [-0.2, -0.15) is 0 Å². The molecule has 4 rings (SSSR count). The Bertz CT molecular complexity index is 1090. The Morgan fingerprint density at radius 3 is 2.34 bits per heavy atom. The SMILES string of the molecule is C=C1NC2=C(C(=O)CC(c3ccc(OC)cc3)C2)C(c2cccc(OC)c2)C1C(=O)OC. The molecular formula is C26H27NO5. The molecule has 0 radical (unpaired) electrons. The van der Waals surface area contributed by atoms with E-state index in [-0.39, 0.29) is 11.7 Å². The van der Waals surface area contributed by atoms with Crippen molar-refractivity contribution in [1.29, 1.82) is 0 Å². The summed E-state index contributed by atoms with van der Waals surface area (Å²) < 4.78 is 15.7. The van der Waals surface area contributed by atoms with E-state index in [1.54, 1.807) is 14.2 Å². The molecule has 166 valence electrons. The topological polar surface area (TPSA) is 73.9 Å². The highest BCUT2D eigenvalue weighted by Gasteiger charge is 2.45. The van der Waals surface area contributed by atoms with Crippen LogP contribution in [0.1, 0.15) is 35.8 Å². The van der Waals surface area contributed by atoms with E-state index in [0.29, 0.717) is 29.9 Å². The van der Waals surface area contributed by atoms with E-state index in [2.05, 4.69) is 11.9 Å². The third kappa shape index (κ3) is 3.88. The molecule has 3 unspecified atom stereocenters. The molecule has 6 nitrogen and oxygen atoms in total. The van der Waals surface area contributed by atoms with Gasteiger partial charge in [0, 0.05) is 29.3 Å². The number of hydrogen-bond donors (Lipinski definition) is 1. The highest BCUT2D eigenvalue weighted by Crippen LogP contribution is 2.47. The van der Waals surface area contributed by atoms with Gasteiger partial charge in [0.25, 0.3) is 0 Å². The summed E-state index contributed by atoms with van der Waals surface area (Å²) in [6.07, 6.45) is 1.02. The Morgan fingerprint density at radius 1 is 0.969 bits per heavy atom. The third-order valence-corrected chi connectivity index (χ3v) is 6.33. The fourth-order valence-corrected chi connectivity index (χ4v) is 4.76. The summed E-state index contributed by atoms with van der Waals surface area (Å²) in [5.74, 6) is -0.109. The van der Waals surface area contributed by atoms with E-state index in [1.807, 2.05) is 48.5 Å². The lowest BCUT2D eigenvalue weighted by Crippen LogP contribution is -2.42. The first-order valence-corrected chi connectivity index (χ1v) is 10.5. The van der Waals surface area contributed by atoms with E-state index >= 15 is 0 Å². The fourth-order valence-electron chi connectivity index (χ4n) is 4.76. The number of esters is 1. The maximum absolute atomic E-state index is 13.5. The molecule has 32 heavy (non-hydrogen) atoms. The minimum Gasteiger partial charge on any atom is -0.497 e. The van der Waals surface area contributed by atoms with Crippen LogP contribution in [0.2, 0.25) is 0 Å². The molecule has 0 saturated carbocycles. The predicted molar refractivity (Wildman–Crippen MR) is 121 cm³/mol. The van der Waals surface area contributed by atoms with Crippen molar-refractivity contribution in [2.45, 2.75) is 24.7 Å². The van der Waals surface area contributed by atoms with Crippen molar-refractivity contribution in [2.24, 2.45) is 5.92 Å². The van der Waals surface area contributed by atoms with Crippen molar-refractivity contribution >= 4 is 11.8 Å². The van der Waals surface area contributed by atoms with Crippen LogP contribution in [0.3, 0.4) is 0 Å². The number of nitrogens with one attached hydrogen (secondary N) is 1. The van der Waals surface area contributed by atoms with Crippen LogP contribution in [0.5, 0.6) is 11.5 Å². The highest BCUT2D eigenvalue weighted by molar-refractivity contribution is 6.01. The fraction of sp³-hybridized carbons (Fsp3) is 0.308. The summed E-state index contributed by atoms with van der Waals surface area (Å²) in [5.41, 5.74) is 3.88.